The van der Waals surface area contributed by atoms with Crippen LogP contribution in [-0.2, 0) is 0 Å². The number of nitrogens with one attached hydrogen (secondary N) is 1. The lowest BCUT2D eigenvalue weighted by Crippen LogP contribution is -2.45. The van der Waals surface area contributed by atoms with Gasteiger partial charge in [0.2, 0.25) is 0 Å². The van der Waals surface area contributed by atoms with Crippen molar-refractivity contribution < 1.29 is 0 Å². The van der Waals surface area contributed by atoms with E-state index in [9.17, 15) is 0 Å². The second-order valence-corrected chi connectivity index (χ2v) is 7.37. The Labute approximate surface area is 134 Å². The van der Waals surface area contributed by atoms with E-state index in [1.165, 1.54) is 17.8 Å². The van der Waals surface area contributed by atoms with Crippen molar-refractivity contribution in [2.75, 3.05) is 26.2 Å². The first-order chi connectivity index (χ1) is 10.3. The molecule has 1 aliphatic heterocycles. The van der Waals surface area contributed by atoms with Crippen LogP contribution in [-0.4, -0.2) is 41.0 Å². The summed E-state index contributed by atoms with van der Waals surface area (Å²) in [6, 6.07) is 0.468. The molecule has 0 spiro atoms. The summed E-state index contributed by atoms with van der Waals surface area (Å²) in [7, 11) is 0. The van der Waals surface area contributed by atoms with Gasteiger partial charge in [0.1, 0.15) is 16.4 Å². The van der Waals surface area contributed by atoms with Crippen molar-refractivity contribution in [2.24, 2.45) is 0 Å². The number of thiazole rings is 2. The van der Waals surface area contributed by atoms with Crippen molar-refractivity contribution in [3.05, 3.63) is 20.8 Å². The van der Waals surface area contributed by atoms with Crippen LogP contribution < -0.4 is 5.32 Å². The van der Waals surface area contributed by atoms with Crippen LogP contribution in [0.2, 0.25) is 0 Å². The molecule has 1 saturated heterocycles. The quantitative estimate of drug-likeness (QED) is 0.917. The van der Waals surface area contributed by atoms with Crippen LogP contribution >= 0.6 is 22.7 Å². The van der Waals surface area contributed by atoms with Crippen molar-refractivity contribution in [2.45, 2.75) is 32.7 Å². The molecule has 3 rings (SSSR count). The van der Waals surface area contributed by atoms with E-state index in [4.69, 9.17) is 4.98 Å². The summed E-state index contributed by atoms with van der Waals surface area (Å²) < 4.78 is 0. The van der Waals surface area contributed by atoms with Crippen LogP contribution in [0.1, 0.15) is 35.8 Å². The molecular weight excluding hydrogens is 300 g/mol. The Morgan fingerprint density at radius 1 is 1.19 bits per heavy atom. The van der Waals surface area contributed by atoms with Crippen molar-refractivity contribution in [3.8, 4) is 11.4 Å². The molecule has 1 aliphatic rings. The van der Waals surface area contributed by atoms with Gasteiger partial charge in [-0.2, -0.15) is 0 Å². The van der Waals surface area contributed by atoms with Gasteiger partial charge in [-0.25, -0.2) is 9.97 Å². The zero-order chi connectivity index (χ0) is 14.7. The summed E-state index contributed by atoms with van der Waals surface area (Å²) >= 11 is 3.48. The zero-order valence-corrected chi connectivity index (χ0v) is 14.3. The van der Waals surface area contributed by atoms with Gasteiger partial charge in [0.15, 0.2) is 0 Å². The Morgan fingerprint density at radius 2 is 1.90 bits per heavy atom. The monoisotopic (exact) mass is 322 g/mol. The largest absolute Gasteiger partial charge is 0.314 e. The molecule has 0 aromatic carbocycles. The number of hydrogen-bond acceptors (Lipinski definition) is 6. The van der Waals surface area contributed by atoms with E-state index in [0.717, 1.165) is 42.6 Å². The van der Waals surface area contributed by atoms with Crippen molar-refractivity contribution in [1.82, 2.24) is 20.2 Å². The molecule has 2 aromatic heterocycles. The van der Waals surface area contributed by atoms with E-state index < -0.39 is 0 Å². The number of hydrogen-bond donors (Lipinski definition) is 1. The Bertz CT molecular complexity index is 572. The smallest absolute Gasteiger partial charge is 0.111 e. The number of aromatic nitrogens is 2. The van der Waals surface area contributed by atoms with Crippen LogP contribution in [0, 0.1) is 6.92 Å². The Morgan fingerprint density at radius 3 is 2.57 bits per heavy atom. The molecule has 2 aromatic rings. The minimum atomic E-state index is 0.468. The molecular formula is C15H22N4S2. The second-order valence-electron chi connectivity index (χ2n) is 5.41. The second kappa shape index (κ2) is 6.96. The summed E-state index contributed by atoms with van der Waals surface area (Å²) in [6.45, 7) is 8.72. The van der Waals surface area contributed by atoms with E-state index >= 15 is 0 Å². The summed E-state index contributed by atoms with van der Waals surface area (Å²) in [5.41, 5.74) is 2.06. The molecule has 114 valence electrons. The van der Waals surface area contributed by atoms with Gasteiger partial charge in [-0.05, 0) is 13.3 Å². The van der Waals surface area contributed by atoms with E-state index in [1.807, 2.05) is 6.92 Å². The fourth-order valence-electron chi connectivity index (χ4n) is 2.77. The van der Waals surface area contributed by atoms with Gasteiger partial charge in [-0.1, -0.05) is 13.3 Å². The molecule has 0 saturated carbocycles. The first-order valence-electron chi connectivity index (χ1n) is 7.60. The molecule has 0 bridgehead atoms. The predicted octanol–water partition coefficient (Wildman–Crippen LogP) is 3.32. The lowest BCUT2D eigenvalue weighted by molar-refractivity contribution is 0.164. The van der Waals surface area contributed by atoms with Crippen molar-refractivity contribution in [1.29, 1.82) is 0 Å². The van der Waals surface area contributed by atoms with Crippen LogP contribution in [0.3, 0.4) is 0 Å². The molecule has 0 aliphatic carbocycles. The molecule has 1 fully saturated rings. The first kappa shape index (κ1) is 15.1. The fourth-order valence-corrected chi connectivity index (χ4v) is 4.36. The third-order valence-corrected chi connectivity index (χ3v) is 5.56. The normalized spacial score (nSPS) is 18.0. The molecule has 1 atom stereocenters. The minimum Gasteiger partial charge on any atom is -0.314 e. The zero-order valence-electron chi connectivity index (χ0n) is 12.6. The lowest BCUT2D eigenvalue weighted by Gasteiger charge is -2.33. The van der Waals surface area contributed by atoms with Crippen LogP contribution in [0.5, 0.6) is 0 Å². The maximum atomic E-state index is 4.89. The Hall–Kier alpha value is -0.820. The highest BCUT2D eigenvalue weighted by molar-refractivity contribution is 7.10. The number of piperazine rings is 1. The van der Waals surface area contributed by atoms with Crippen LogP contribution in [0.15, 0.2) is 10.8 Å². The fraction of sp³-hybridized carbons (Fsp3) is 0.600. The van der Waals surface area contributed by atoms with Crippen LogP contribution in [0.4, 0.5) is 0 Å². The van der Waals surface area contributed by atoms with E-state index in [-0.39, 0.29) is 0 Å². The maximum absolute atomic E-state index is 4.89. The van der Waals surface area contributed by atoms with Crippen molar-refractivity contribution >= 4 is 22.7 Å². The summed E-state index contributed by atoms with van der Waals surface area (Å²) in [5.74, 6) is 0. The predicted molar refractivity (Wildman–Crippen MR) is 90.1 cm³/mol. The van der Waals surface area contributed by atoms with Crippen LogP contribution in [0.25, 0.3) is 11.4 Å². The third-order valence-electron chi connectivity index (χ3n) is 3.84. The molecule has 1 unspecified atom stereocenters. The standard InChI is InChI=1S/C15H22N4S2/c1-3-4-14(19-7-5-16-6-8-19)15-18-13(10-21-15)12-9-20-11(2)17-12/h9-10,14,16H,3-8H2,1-2H3. The molecule has 1 N–H and O–H groups in total. The van der Waals surface area contributed by atoms with Gasteiger partial charge in [0, 0.05) is 36.9 Å². The number of nitrogens with zero attached hydrogens (tertiary/aromatic N) is 3. The lowest BCUT2D eigenvalue weighted by atomic mass is 10.1. The average molecular weight is 323 g/mol. The van der Waals surface area contributed by atoms with E-state index in [1.54, 1.807) is 22.7 Å². The SMILES string of the molecule is CCCC(c1nc(-c2csc(C)n2)cs1)N1CCNCC1. The van der Waals surface area contributed by atoms with Gasteiger partial charge in [0.25, 0.3) is 0 Å². The Kier molecular flexibility index (Phi) is 5.00. The summed E-state index contributed by atoms with van der Waals surface area (Å²) in [5, 5.41) is 10.0. The minimum absolute atomic E-state index is 0.468. The van der Waals surface area contributed by atoms with E-state index in [0.29, 0.717) is 6.04 Å². The maximum Gasteiger partial charge on any atom is 0.111 e. The molecule has 3 heterocycles. The molecule has 0 amide bonds. The average Bonchev–Trinajstić information content (AvgIpc) is 3.14. The molecule has 0 radical (unpaired) electrons. The van der Waals surface area contributed by atoms with Gasteiger partial charge in [-0.3, -0.25) is 4.90 Å². The summed E-state index contributed by atoms with van der Waals surface area (Å²) in [4.78, 5) is 12.0. The highest BCUT2D eigenvalue weighted by Gasteiger charge is 2.24. The number of aryl methyl sites for hydroxylation is 1. The molecule has 6 heteroatoms. The Balaban J connectivity index is 1.81. The van der Waals surface area contributed by atoms with Crippen molar-refractivity contribution in [3.63, 3.8) is 0 Å². The number of rotatable bonds is 5. The summed E-state index contributed by atoms with van der Waals surface area (Å²) in [6.07, 6.45) is 2.38. The third kappa shape index (κ3) is 3.51. The first-order valence-corrected chi connectivity index (χ1v) is 9.36. The van der Waals surface area contributed by atoms with Gasteiger partial charge >= 0.3 is 0 Å². The van der Waals surface area contributed by atoms with Gasteiger partial charge in [-0.15, -0.1) is 22.7 Å². The highest BCUT2D eigenvalue weighted by atomic mass is 32.1. The topological polar surface area (TPSA) is 41.1 Å². The van der Waals surface area contributed by atoms with Gasteiger partial charge in [0.05, 0.1) is 11.0 Å². The molecule has 4 nitrogen and oxygen atoms in total. The molecule has 21 heavy (non-hydrogen) atoms. The highest BCUT2D eigenvalue weighted by Crippen LogP contribution is 2.32. The van der Waals surface area contributed by atoms with Gasteiger partial charge < -0.3 is 5.32 Å². The van der Waals surface area contributed by atoms with E-state index in [2.05, 4.69) is 32.9 Å².